The maximum Gasteiger partial charge on any atom is 0.339 e. The maximum atomic E-state index is 13.0. The van der Waals surface area contributed by atoms with E-state index in [-0.39, 0.29) is 17.9 Å². The fourth-order valence-electron chi connectivity index (χ4n) is 2.75. The average Bonchev–Trinajstić information content (AvgIpc) is 3.19. The second-order valence-electron chi connectivity index (χ2n) is 5.83. The van der Waals surface area contributed by atoms with Gasteiger partial charge in [-0.25, -0.2) is 9.78 Å². The molecule has 0 saturated carbocycles. The monoisotopic (exact) mass is 356 g/mol. The minimum Gasteiger partial charge on any atom is -0.471 e. The molecule has 136 valence electrons. The number of ether oxygens (including phenoxy) is 3. The first-order valence-corrected chi connectivity index (χ1v) is 8.26. The molecule has 0 bridgehead atoms. The Bertz CT molecular complexity index is 802. The van der Waals surface area contributed by atoms with E-state index in [0.717, 1.165) is 6.42 Å². The largest absolute Gasteiger partial charge is 0.471 e. The number of hydrogen-bond acceptors (Lipinski definition) is 6. The highest BCUT2D eigenvalue weighted by Gasteiger charge is 2.25. The third-order valence-corrected chi connectivity index (χ3v) is 4.14. The van der Waals surface area contributed by atoms with Crippen molar-refractivity contribution >= 4 is 17.6 Å². The molecule has 3 rings (SSSR count). The molecule has 1 fully saturated rings. The maximum absolute atomic E-state index is 13.0. The molecule has 1 saturated heterocycles. The summed E-state index contributed by atoms with van der Waals surface area (Å²) in [5.74, 6) is -0.579. The molecule has 0 spiro atoms. The predicted octanol–water partition coefficient (Wildman–Crippen LogP) is 2.31. The second-order valence-corrected chi connectivity index (χ2v) is 5.83. The molecule has 0 unspecified atom stereocenters. The second kappa shape index (κ2) is 7.97. The van der Waals surface area contributed by atoms with Crippen LogP contribution in [-0.2, 0) is 9.47 Å². The van der Waals surface area contributed by atoms with E-state index in [4.69, 9.17) is 14.2 Å². The van der Waals surface area contributed by atoms with E-state index in [1.165, 1.54) is 12.0 Å². The van der Waals surface area contributed by atoms with Crippen LogP contribution in [0.4, 0.5) is 5.69 Å². The van der Waals surface area contributed by atoms with Crippen molar-refractivity contribution in [3.05, 3.63) is 53.7 Å². The Morgan fingerprint density at radius 2 is 1.96 bits per heavy atom. The van der Waals surface area contributed by atoms with E-state index in [0.29, 0.717) is 30.0 Å². The highest BCUT2D eigenvalue weighted by Crippen LogP contribution is 2.25. The molecular weight excluding hydrogens is 336 g/mol. The number of aromatic nitrogens is 1. The number of amides is 1. The zero-order chi connectivity index (χ0) is 18.5. The lowest BCUT2D eigenvalue weighted by Gasteiger charge is -2.21. The van der Waals surface area contributed by atoms with Gasteiger partial charge >= 0.3 is 5.97 Å². The van der Waals surface area contributed by atoms with Crippen LogP contribution in [0.5, 0.6) is 5.88 Å². The zero-order valence-corrected chi connectivity index (χ0v) is 14.7. The lowest BCUT2D eigenvalue weighted by Crippen LogP contribution is -2.29. The molecule has 7 nitrogen and oxygen atoms in total. The third-order valence-electron chi connectivity index (χ3n) is 4.14. The number of para-hydroxylation sites is 1. The van der Waals surface area contributed by atoms with Crippen molar-refractivity contribution in [1.29, 1.82) is 0 Å². The van der Waals surface area contributed by atoms with Crippen molar-refractivity contribution in [3.8, 4) is 5.88 Å². The first-order chi connectivity index (χ1) is 12.6. The fraction of sp³-hybridized carbons (Fsp3) is 0.316. The summed E-state index contributed by atoms with van der Waals surface area (Å²) >= 11 is 0. The SMILES string of the molecule is COC(=O)c1ccccc1N(C)C(=O)c1cccnc1O[C@@H]1CCOC1. The van der Waals surface area contributed by atoms with Crippen molar-refractivity contribution in [2.75, 3.05) is 32.3 Å². The highest BCUT2D eigenvalue weighted by molar-refractivity contribution is 6.10. The predicted molar refractivity (Wildman–Crippen MR) is 94.6 cm³/mol. The summed E-state index contributed by atoms with van der Waals surface area (Å²) in [6.07, 6.45) is 2.21. The molecule has 0 N–H and O–H groups in total. The number of anilines is 1. The van der Waals surface area contributed by atoms with Crippen LogP contribution < -0.4 is 9.64 Å². The number of carbonyl (C=O) groups excluding carboxylic acids is 2. The Kier molecular flexibility index (Phi) is 5.48. The van der Waals surface area contributed by atoms with Gasteiger partial charge in [0.05, 0.1) is 31.6 Å². The molecule has 1 aliphatic rings. The first-order valence-electron chi connectivity index (χ1n) is 8.26. The number of benzene rings is 1. The zero-order valence-electron chi connectivity index (χ0n) is 14.7. The topological polar surface area (TPSA) is 78.0 Å². The number of methoxy groups -OCH3 is 1. The minimum absolute atomic E-state index is 0.121. The van der Waals surface area contributed by atoms with Crippen molar-refractivity contribution in [3.63, 3.8) is 0 Å². The molecule has 1 atom stereocenters. The summed E-state index contributed by atoms with van der Waals surface area (Å²) in [6, 6.07) is 10.1. The van der Waals surface area contributed by atoms with Gasteiger partial charge in [-0.15, -0.1) is 0 Å². The highest BCUT2D eigenvalue weighted by atomic mass is 16.5. The molecule has 2 aromatic rings. The van der Waals surface area contributed by atoms with Gasteiger partial charge in [-0.1, -0.05) is 12.1 Å². The Morgan fingerprint density at radius 1 is 1.19 bits per heavy atom. The molecule has 1 aliphatic heterocycles. The van der Waals surface area contributed by atoms with Crippen molar-refractivity contribution in [2.45, 2.75) is 12.5 Å². The standard InChI is InChI=1S/C19H20N2O5/c1-21(16-8-4-3-6-14(16)19(23)24-2)18(22)15-7-5-10-20-17(15)26-13-9-11-25-12-13/h3-8,10,13H,9,11-12H2,1-2H3/t13-/m1/s1. The molecular formula is C19H20N2O5. The average molecular weight is 356 g/mol. The van der Waals surface area contributed by atoms with E-state index in [2.05, 4.69) is 4.98 Å². The molecule has 7 heteroatoms. The minimum atomic E-state index is -0.508. The van der Waals surface area contributed by atoms with Gasteiger partial charge in [-0.05, 0) is 24.3 Å². The van der Waals surface area contributed by atoms with Gasteiger partial charge in [0.25, 0.3) is 5.91 Å². The van der Waals surface area contributed by atoms with Crippen LogP contribution in [0.1, 0.15) is 27.1 Å². The Hall–Kier alpha value is -2.93. The van der Waals surface area contributed by atoms with Crippen LogP contribution in [0.2, 0.25) is 0 Å². The van der Waals surface area contributed by atoms with Crippen molar-refractivity contribution in [2.24, 2.45) is 0 Å². The summed E-state index contributed by atoms with van der Waals surface area (Å²) in [5.41, 5.74) is 1.08. The normalized spacial score (nSPS) is 16.2. The Balaban J connectivity index is 1.89. The molecule has 1 amide bonds. The lowest BCUT2D eigenvalue weighted by atomic mass is 10.1. The Labute approximate surface area is 151 Å². The fourth-order valence-corrected chi connectivity index (χ4v) is 2.75. The number of carbonyl (C=O) groups is 2. The van der Waals surface area contributed by atoms with Crippen molar-refractivity contribution in [1.82, 2.24) is 4.98 Å². The van der Waals surface area contributed by atoms with Crippen LogP contribution >= 0.6 is 0 Å². The van der Waals surface area contributed by atoms with Crippen LogP contribution in [0, 0.1) is 0 Å². The summed E-state index contributed by atoms with van der Waals surface area (Å²) < 4.78 is 15.9. The number of pyridine rings is 1. The van der Waals surface area contributed by atoms with Crippen LogP contribution in [-0.4, -0.2) is 50.3 Å². The smallest absolute Gasteiger partial charge is 0.339 e. The van der Waals surface area contributed by atoms with Gasteiger partial charge in [0, 0.05) is 19.7 Å². The molecule has 1 aromatic carbocycles. The molecule has 1 aromatic heterocycles. The van der Waals surface area contributed by atoms with Crippen LogP contribution in [0.15, 0.2) is 42.6 Å². The quantitative estimate of drug-likeness (QED) is 0.765. The summed E-state index contributed by atoms with van der Waals surface area (Å²) in [5, 5.41) is 0. The lowest BCUT2D eigenvalue weighted by molar-refractivity contribution is 0.0601. The van der Waals surface area contributed by atoms with E-state index in [1.807, 2.05) is 0 Å². The number of hydrogen-bond donors (Lipinski definition) is 0. The van der Waals surface area contributed by atoms with Crippen LogP contribution in [0.25, 0.3) is 0 Å². The van der Waals surface area contributed by atoms with Crippen LogP contribution in [0.3, 0.4) is 0 Å². The Morgan fingerprint density at radius 3 is 2.69 bits per heavy atom. The molecule has 0 aliphatic carbocycles. The van der Waals surface area contributed by atoms with Crippen molar-refractivity contribution < 1.29 is 23.8 Å². The van der Waals surface area contributed by atoms with Gasteiger partial charge in [0.2, 0.25) is 5.88 Å². The van der Waals surface area contributed by atoms with Gasteiger partial charge in [0.1, 0.15) is 11.7 Å². The molecule has 2 heterocycles. The van der Waals surface area contributed by atoms with Gasteiger partial charge in [0.15, 0.2) is 0 Å². The van der Waals surface area contributed by atoms with E-state index < -0.39 is 5.97 Å². The molecule has 0 radical (unpaired) electrons. The summed E-state index contributed by atoms with van der Waals surface area (Å²) in [7, 11) is 2.90. The first kappa shape index (κ1) is 17.9. The summed E-state index contributed by atoms with van der Waals surface area (Å²) in [4.78, 5) is 30.6. The third kappa shape index (κ3) is 3.67. The van der Waals surface area contributed by atoms with E-state index in [9.17, 15) is 9.59 Å². The summed E-state index contributed by atoms with van der Waals surface area (Å²) in [6.45, 7) is 1.11. The van der Waals surface area contributed by atoms with Gasteiger partial charge in [-0.2, -0.15) is 0 Å². The number of nitrogens with zero attached hydrogens (tertiary/aromatic N) is 2. The van der Waals surface area contributed by atoms with Gasteiger partial charge in [-0.3, -0.25) is 4.79 Å². The number of esters is 1. The van der Waals surface area contributed by atoms with E-state index in [1.54, 1.807) is 49.6 Å². The molecule has 26 heavy (non-hydrogen) atoms. The van der Waals surface area contributed by atoms with Gasteiger partial charge < -0.3 is 19.1 Å². The number of rotatable bonds is 5. The van der Waals surface area contributed by atoms with E-state index >= 15 is 0 Å².